The minimum atomic E-state index is -0.237. The van der Waals surface area contributed by atoms with Gasteiger partial charge >= 0.3 is 0 Å². The molecule has 0 saturated heterocycles. The van der Waals surface area contributed by atoms with E-state index in [0.717, 1.165) is 22.3 Å². The monoisotopic (exact) mass is 311 g/mol. The number of likely N-dealkylation sites (N-methyl/N-ethyl adjacent to an activating group) is 1. The summed E-state index contributed by atoms with van der Waals surface area (Å²) in [7, 11) is 3.82. The van der Waals surface area contributed by atoms with E-state index in [1.54, 1.807) is 12.3 Å². The van der Waals surface area contributed by atoms with Gasteiger partial charge in [0.1, 0.15) is 11.6 Å². The Morgan fingerprint density at radius 2 is 2.22 bits per heavy atom. The number of benzene rings is 1. The van der Waals surface area contributed by atoms with Gasteiger partial charge in [0.05, 0.1) is 0 Å². The number of imidazole rings is 1. The lowest BCUT2D eigenvalue weighted by Gasteiger charge is -2.17. The van der Waals surface area contributed by atoms with E-state index in [-0.39, 0.29) is 11.9 Å². The zero-order chi connectivity index (χ0) is 13.1. The first kappa shape index (κ1) is 13.2. The van der Waals surface area contributed by atoms with Crippen LogP contribution in [0.4, 0.5) is 4.39 Å². The molecule has 96 valence electrons. The molecule has 2 rings (SSSR count). The van der Waals surface area contributed by atoms with Crippen molar-refractivity contribution in [3.05, 3.63) is 52.3 Å². The second-order valence-electron chi connectivity index (χ2n) is 4.20. The second kappa shape index (κ2) is 5.63. The van der Waals surface area contributed by atoms with Gasteiger partial charge in [-0.3, -0.25) is 0 Å². The number of hydrogen-bond acceptors (Lipinski definition) is 2. The van der Waals surface area contributed by atoms with E-state index < -0.39 is 0 Å². The van der Waals surface area contributed by atoms with Crippen LogP contribution in [0.25, 0.3) is 0 Å². The lowest BCUT2D eigenvalue weighted by Crippen LogP contribution is -2.20. The summed E-state index contributed by atoms with van der Waals surface area (Å²) in [5, 5.41) is 3.20. The van der Waals surface area contributed by atoms with E-state index >= 15 is 0 Å². The molecule has 0 aliphatic heterocycles. The zero-order valence-corrected chi connectivity index (χ0v) is 11.9. The number of halogens is 2. The number of aromatic nitrogens is 2. The fraction of sp³-hybridized carbons (Fsp3) is 0.308. The summed E-state index contributed by atoms with van der Waals surface area (Å²) in [6, 6.07) is 4.97. The highest BCUT2D eigenvalue weighted by Gasteiger charge is 2.14. The minimum absolute atomic E-state index is 0.0399. The molecule has 1 aromatic carbocycles. The van der Waals surface area contributed by atoms with Crippen molar-refractivity contribution in [2.75, 3.05) is 7.05 Å². The predicted molar refractivity (Wildman–Crippen MR) is 72.8 cm³/mol. The molecular weight excluding hydrogens is 297 g/mol. The van der Waals surface area contributed by atoms with Crippen molar-refractivity contribution < 1.29 is 4.39 Å². The maximum Gasteiger partial charge on any atom is 0.124 e. The third-order valence-corrected chi connectivity index (χ3v) is 3.40. The van der Waals surface area contributed by atoms with E-state index in [0.29, 0.717) is 0 Å². The summed E-state index contributed by atoms with van der Waals surface area (Å²) in [5.41, 5.74) is 0.910. The Hall–Kier alpha value is -1.20. The van der Waals surface area contributed by atoms with Gasteiger partial charge in [-0.2, -0.15) is 0 Å². The fourth-order valence-electron chi connectivity index (χ4n) is 1.94. The molecule has 0 spiro atoms. The Labute approximate surface area is 114 Å². The highest BCUT2D eigenvalue weighted by molar-refractivity contribution is 9.10. The summed E-state index contributed by atoms with van der Waals surface area (Å²) in [5.74, 6) is 0.731. The SMILES string of the molecule is CNC(Cc1nccn1C)c1cc(F)cc(Br)c1. The number of rotatable bonds is 4. The molecule has 3 nitrogen and oxygen atoms in total. The van der Waals surface area contributed by atoms with Gasteiger partial charge in [-0.05, 0) is 30.8 Å². The quantitative estimate of drug-likeness (QED) is 0.941. The Balaban J connectivity index is 2.25. The van der Waals surface area contributed by atoms with Crippen molar-refractivity contribution in [3.63, 3.8) is 0 Å². The molecule has 1 N–H and O–H groups in total. The van der Waals surface area contributed by atoms with Gasteiger partial charge in [-0.25, -0.2) is 9.37 Å². The summed E-state index contributed by atoms with van der Waals surface area (Å²) in [4.78, 5) is 4.29. The Morgan fingerprint density at radius 1 is 1.44 bits per heavy atom. The smallest absolute Gasteiger partial charge is 0.124 e. The van der Waals surface area contributed by atoms with Gasteiger partial charge in [0, 0.05) is 36.4 Å². The van der Waals surface area contributed by atoms with Crippen molar-refractivity contribution in [3.8, 4) is 0 Å². The van der Waals surface area contributed by atoms with Crippen LogP contribution in [-0.2, 0) is 13.5 Å². The topological polar surface area (TPSA) is 29.9 Å². The van der Waals surface area contributed by atoms with Crippen molar-refractivity contribution in [2.24, 2.45) is 7.05 Å². The first-order chi connectivity index (χ1) is 8.60. The van der Waals surface area contributed by atoms with Crippen LogP contribution in [0.2, 0.25) is 0 Å². The zero-order valence-electron chi connectivity index (χ0n) is 10.3. The normalized spacial score (nSPS) is 12.7. The fourth-order valence-corrected chi connectivity index (χ4v) is 2.42. The summed E-state index contributed by atoms with van der Waals surface area (Å²) < 4.78 is 16.1. The summed E-state index contributed by atoms with van der Waals surface area (Å²) in [6.07, 6.45) is 4.39. The van der Waals surface area contributed by atoms with Gasteiger partial charge in [0.15, 0.2) is 0 Å². The molecule has 1 heterocycles. The van der Waals surface area contributed by atoms with Crippen LogP contribution >= 0.6 is 15.9 Å². The van der Waals surface area contributed by atoms with Crippen molar-refractivity contribution in [1.29, 1.82) is 0 Å². The molecule has 18 heavy (non-hydrogen) atoms. The van der Waals surface area contributed by atoms with Crippen LogP contribution in [0.15, 0.2) is 35.1 Å². The molecule has 0 saturated carbocycles. The molecule has 0 radical (unpaired) electrons. The lowest BCUT2D eigenvalue weighted by molar-refractivity contribution is 0.554. The Morgan fingerprint density at radius 3 is 2.78 bits per heavy atom. The molecule has 0 fully saturated rings. The van der Waals surface area contributed by atoms with Crippen LogP contribution in [0.1, 0.15) is 17.4 Å². The maximum atomic E-state index is 13.4. The van der Waals surface area contributed by atoms with Crippen LogP contribution in [0, 0.1) is 5.82 Å². The Bertz CT molecular complexity index is 519. The van der Waals surface area contributed by atoms with E-state index in [2.05, 4.69) is 26.2 Å². The van der Waals surface area contributed by atoms with E-state index in [1.165, 1.54) is 6.07 Å². The highest BCUT2D eigenvalue weighted by Crippen LogP contribution is 2.22. The molecule has 0 aliphatic rings. The second-order valence-corrected chi connectivity index (χ2v) is 5.12. The summed E-state index contributed by atoms with van der Waals surface area (Å²) in [6.45, 7) is 0. The van der Waals surface area contributed by atoms with Crippen LogP contribution in [0.3, 0.4) is 0 Å². The van der Waals surface area contributed by atoms with Crippen LogP contribution < -0.4 is 5.32 Å². The molecule has 1 aromatic heterocycles. The molecule has 5 heteroatoms. The van der Waals surface area contributed by atoms with E-state index in [4.69, 9.17) is 0 Å². The van der Waals surface area contributed by atoms with E-state index in [1.807, 2.05) is 30.9 Å². The van der Waals surface area contributed by atoms with Gasteiger partial charge in [0.25, 0.3) is 0 Å². The van der Waals surface area contributed by atoms with Gasteiger partial charge in [0.2, 0.25) is 0 Å². The number of hydrogen-bond donors (Lipinski definition) is 1. The lowest BCUT2D eigenvalue weighted by atomic mass is 10.0. The largest absolute Gasteiger partial charge is 0.338 e. The average Bonchev–Trinajstić information content (AvgIpc) is 2.70. The molecular formula is C13H15BrFN3. The van der Waals surface area contributed by atoms with Crippen molar-refractivity contribution >= 4 is 15.9 Å². The summed E-state index contributed by atoms with van der Waals surface area (Å²) >= 11 is 3.31. The van der Waals surface area contributed by atoms with Crippen LogP contribution in [0.5, 0.6) is 0 Å². The van der Waals surface area contributed by atoms with Crippen molar-refractivity contribution in [1.82, 2.24) is 14.9 Å². The Kier molecular flexibility index (Phi) is 4.14. The number of nitrogens with zero attached hydrogens (tertiary/aromatic N) is 2. The molecule has 1 unspecified atom stereocenters. The first-order valence-corrected chi connectivity index (χ1v) is 6.49. The molecule has 1 atom stereocenters. The number of aryl methyl sites for hydroxylation is 1. The third-order valence-electron chi connectivity index (χ3n) is 2.94. The first-order valence-electron chi connectivity index (χ1n) is 5.69. The van der Waals surface area contributed by atoms with Gasteiger partial charge in [-0.15, -0.1) is 0 Å². The standard InChI is InChI=1S/C13H15BrFN3/c1-16-12(8-13-17-3-4-18(13)2)9-5-10(14)7-11(15)6-9/h3-7,12,16H,8H2,1-2H3. The molecule has 2 aromatic rings. The van der Waals surface area contributed by atoms with E-state index in [9.17, 15) is 4.39 Å². The highest BCUT2D eigenvalue weighted by atomic mass is 79.9. The third kappa shape index (κ3) is 2.97. The average molecular weight is 312 g/mol. The maximum absolute atomic E-state index is 13.4. The van der Waals surface area contributed by atoms with Gasteiger partial charge in [-0.1, -0.05) is 15.9 Å². The molecule has 0 amide bonds. The number of nitrogens with one attached hydrogen (secondary N) is 1. The molecule has 0 aliphatic carbocycles. The molecule has 0 bridgehead atoms. The van der Waals surface area contributed by atoms with Crippen molar-refractivity contribution in [2.45, 2.75) is 12.5 Å². The minimum Gasteiger partial charge on any atom is -0.338 e. The predicted octanol–water partition coefficient (Wildman–Crippen LogP) is 2.82. The van der Waals surface area contributed by atoms with Crippen LogP contribution in [-0.4, -0.2) is 16.6 Å². The van der Waals surface area contributed by atoms with Gasteiger partial charge < -0.3 is 9.88 Å².